The fourth-order valence-corrected chi connectivity index (χ4v) is 3.40. The number of para-hydroxylation sites is 1. The number of benzene rings is 2. The summed E-state index contributed by atoms with van der Waals surface area (Å²) in [6.45, 7) is 0. The SMILES string of the molecule is COc1ccc(-c2csc(N=Nc3c(O)n(C)c4ccccc34)n2)cc1. The second-order valence-electron chi connectivity index (χ2n) is 5.69. The Bertz CT molecular complexity index is 1100. The molecule has 2 aromatic carbocycles. The summed E-state index contributed by atoms with van der Waals surface area (Å²) in [6, 6.07) is 15.4. The van der Waals surface area contributed by atoms with Crippen molar-refractivity contribution >= 4 is 33.1 Å². The second-order valence-corrected chi connectivity index (χ2v) is 6.53. The van der Waals surface area contributed by atoms with E-state index in [9.17, 15) is 5.11 Å². The van der Waals surface area contributed by atoms with Gasteiger partial charge in [-0.3, -0.25) is 0 Å². The highest BCUT2D eigenvalue weighted by Gasteiger charge is 2.13. The molecule has 0 fully saturated rings. The molecule has 0 radical (unpaired) electrons. The van der Waals surface area contributed by atoms with Gasteiger partial charge < -0.3 is 14.4 Å². The Labute approximate surface area is 154 Å². The van der Waals surface area contributed by atoms with Gasteiger partial charge in [0.05, 0.1) is 18.3 Å². The molecule has 7 heteroatoms. The van der Waals surface area contributed by atoms with Gasteiger partial charge >= 0.3 is 0 Å². The maximum absolute atomic E-state index is 10.3. The molecule has 2 heterocycles. The maximum atomic E-state index is 10.3. The quantitative estimate of drug-likeness (QED) is 0.491. The van der Waals surface area contributed by atoms with Crippen LogP contribution < -0.4 is 4.74 Å². The molecule has 2 aromatic heterocycles. The molecule has 0 aliphatic carbocycles. The standard InChI is InChI=1S/C19H16N4O2S/c1-23-16-6-4-3-5-14(16)17(18(23)24)21-22-19-20-15(11-26-19)12-7-9-13(25-2)10-8-12/h3-11,24H,1-2H3. The minimum absolute atomic E-state index is 0.0851. The van der Waals surface area contributed by atoms with Crippen LogP contribution >= 0.6 is 11.3 Å². The number of fused-ring (bicyclic) bond motifs is 1. The van der Waals surface area contributed by atoms with Gasteiger partial charge in [0.1, 0.15) is 5.75 Å². The first-order chi connectivity index (χ1) is 12.7. The first-order valence-corrected chi connectivity index (χ1v) is 8.83. The van der Waals surface area contributed by atoms with E-state index in [1.807, 2.05) is 53.9 Å². The van der Waals surface area contributed by atoms with Gasteiger partial charge in [-0.2, -0.15) is 0 Å². The number of methoxy groups -OCH3 is 1. The molecule has 0 unspecified atom stereocenters. The Hall–Kier alpha value is -3.19. The summed E-state index contributed by atoms with van der Waals surface area (Å²) in [5, 5.41) is 22.1. The fraction of sp³-hybridized carbons (Fsp3) is 0.105. The lowest BCUT2D eigenvalue weighted by molar-refractivity contribution is 0.415. The van der Waals surface area contributed by atoms with Gasteiger partial charge in [0.25, 0.3) is 0 Å². The minimum atomic E-state index is 0.0851. The van der Waals surface area contributed by atoms with Crippen LogP contribution in [0, 0.1) is 0 Å². The molecule has 26 heavy (non-hydrogen) atoms. The molecule has 0 aliphatic heterocycles. The van der Waals surface area contributed by atoms with Crippen molar-refractivity contribution in [1.29, 1.82) is 0 Å². The van der Waals surface area contributed by atoms with E-state index >= 15 is 0 Å². The summed E-state index contributed by atoms with van der Waals surface area (Å²) in [4.78, 5) is 4.50. The van der Waals surface area contributed by atoms with E-state index in [2.05, 4.69) is 15.2 Å². The Morgan fingerprint density at radius 3 is 2.62 bits per heavy atom. The summed E-state index contributed by atoms with van der Waals surface area (Å²) < 4.78 is 6.86. The molecule has 4 rings (SSSR count). The highest BCUT2D eigenvalue weighted by atomic mass is 32.1. The third-order valence-corrected chi connectivity index (χ3v) is 4.89. The molecular weight excluding hydrogens is 348 g/mol. The number of aryl methyl sites for hydroxylation is 1. The topological polar surface area (TPSA) is 72.0 Å². The first-order valence-electron chi connectivity index (χ1n) is 7.95. The molecule has 0 spiro atoms. The van der Waals surface area contributed by atoms with E-state index in [4.69, 9.17) is 4.74 Å². The number of hydrogen-bond acceptors (Lipinski definition) is 6. The highest BCUT2D eigenvalue weighted by Crippen LogP contribution is 2.39. The number of nitrogens with zero attached hydrogens (tertiary/aromatic N) is 4. The van der Waals surface area contributed by atoms with Crippen LogP contribution in [0.4, 0.5) is 10.8 Å². The second kappa shape index (κ2) is 6.61. The summed E-state index contributed by atoms with van der Waals surface area (Å²) in [5.74, 6) is 0.886. The molecule has 0 atom stereocenters. The summed E-state index contributed by atoms with van der Waals surface area (Å²) in [7, 11) is 3.43. The average Bonchev–Trinajstić information content (AvgIpc) is 3.25. The fourth-order valence-electron chi connectivity index (χ4n) is 2.76. The number of rotatable bonds is 4. The van der Waals surface area contributed by atoms with Crippen molar-refractivity contribution in [2.24, 2.45) is 17.3 Å². The van der Waals surface area contributed by atoms with Gasteiger partial charge in [-0.25, -0.2) is 4.98 Å². The van der Waals surface area contributed by atoms with Gasteiger partial charge in [0.2, 0.25) is 11.0 Å². The summed E-state index contributed by atoms with van der Waals surface area (Å²) in [6.07, 6.45) is 0. The Morgan fingerprint density at radius 1 is 1.08 bits per heavy atom. The molecule has 0 amide bonds. The normalized spacial score (nSPS) is 11.5. The van der Waals surface area contributed by atoms with E-state index < -0.39 is 0 Å². The van der Waals surface area contributed by atoms with Gasteiger partial charge in [-0.05, 0) is 30.3 Å². The lowest BCUT2D eigenvalue weighted by atomic mass is 10.2. The van der Waals surface area contributed by atoms with E-state index in [0.717, 1.165) is 27.9 Å². The van der Waals surface area contributed by atoms with Gasteiger partial charge in [0, 0.05) is 23.4 Å². The van der Waals surface area contributed by atoms with Crippen molar-refractivity contribution in [2.45, 2.75) is 0 Å². The van der Waals surface area contributed by atoms with Crippen LogP contribution in [0.1, 0.15) is 0 Å². The maximum Gasteiger partial charge on any atom is 0.230 e. The number of hydrogen-bond donors (Lipinski definition) is 1. The third kappa shape index (κ3) is 2.82. The predicted octanol–water partition coefficient (Wildman–Crippen LogP) is 5.43. The molecular formula is C19H16N4O2S. The molecule has 0 aliphatic rings. The minimum Gasteiger partial charge on any atom is -0.497 e. The van der Waals surface area contributed by atoms with Crippen LogP contribution in [0.15, 0.2) is 64.1 Å². The van der Waals surface area contributed by atoms with Crippen molar-refractivity contribution < 1.29 is 9.84 Å². The Balaban J connectivity index is 1.64. The third-order valence-electron chi connectivity index (χ3n) is 4.16. The van der Waals surface area contributed by atoms with E-state index in [1.54, 1.807) is 18.7 Å². The summed E-state index contributed by atoms with van der Waals surface area (Å²) >= 11 is 1.40. The van der Waals surface area contributed by atoms with E-state index in [-0.39, 0.29) is 5.88 Å². The lowest BCUT2D eigenvalue weighted by Gasteiger charge is -2.00. The van der Waals surface area contributed by atoms with Crippen molar-refractivity contribution in [3.63, 3.8) is 0 Å². The highest BCUT2D eigenvalue weighted by molar-refractivity contribution is 7.13. The number of thiazole rings is 1. The van der Waals surface area contributed by atoms with Gasteiger partial charge in [-0.1, -0.05) is 18.2 Å². The van der Waals surface area contributed by atoms with Crippen LogP contribution in [-0.4, -0.2) is 21.8 Å². The molecule has 4 aromatic rings. The van der Waals surface area contributed by atoms with E-state index in [1.165, 1.54) is 11.3 Å². The monoisotopic (exact) mass is 364 g/mol. The van der Waals surface area contributed by atoms with Crippen molar-refractivity contribution in [3.8, 4) is 22.9 Å². The lowest BCUT2D eigenvalue weighted by Crippen LogP contribution is -1.84. The zero-order chi connectivity index (χ0) is 18.1. The zero-order valence-corrected chi connectivity index (χ0v) is 15.1. The van der Waals surface area contributed by atoms with Crippen molar-refractivity contribution in [2.75, 3.05) is 7.11 Å². The Kier molecular flexibility index (Phi) is 4.14. The number of aromatic nitrogens is 2. The predicted molar refractivity (Wildman–Crippen MR) is 103 cm³/mol. The van der Waals surface area contributed by atoms with Gasteiger partial charge in [-0.15, -0.1) is 21.6 Å². The number of aromatic hydroxyl groups is 1. The van der Waals surface area contributed by atoms with Crippen molar-refractivity contribution in [3.05, 3.63) is 53.9 Å². The molecule has 0 bridgehead atoms. The Morgan fingerprint density at radius 2 is 1.85 bits per heavy atom. The number of ether oxygens (including phenoxy) is 1. The van der Waals surface area contributed by atoms with Gasteiger partial charge in [0.15, 0.2) is 5.69 Å². The van der Waals surface area contributed by atoms with E-state index in [0.29, 0.717) is 10.8 Å². The molecule has 1 N–H and O–H groups in total. The van der Waals surface area contributed by atoms with Crippen LogP contribution in [0.5, 0.6) is 11.6 Å². The number of azo groups is 1. The van der Waals surface area contributed by atoms with Crippen molar-refractivity contribution in [1.82, 2.24) is 9.55 Å². The van der Waals surface area contributed by atoms with Crippen LogP contribution in [-0.2, 0) is 7.05 Å². The van der Waals surface area contributed by atoms with Crippen LogP contribution in [0.3, 0.4) is 0 Å². The molecule has 6 nitrogen and oxygen atoms in total. The average molecular weight is 364 g/mol. The first kappa shape index (κ1) is 16.3. The molecule has 130 valence electrons. The zero-order valence-electron chi connectivity index (χ0n) is 14.2. The van der Waals surface area contributed by atoms with Crippen LogP contribution in [0.2, 0.25) is 0 Å². The molecule has 0 saturated heterocycles. The smallest absolute Gasteiger partial charge is 0.230 e. The largest absolute Gasteiger partial charge is 0.497 e. The summed E-state index contributed by atoms with van der Waals surface area (Å²) in [5.41, 5.74) is 3.16. The molecule has 0 saturated carbocycles. The van der Waals surface area contributed by atoms with Crippen LogP contribution in [0.25, 0.3) is 22.2 Å².